The SMILES string of the molecule is CCN(C(=O)COC(=O)c1ccc(Cl)cc1O)[C@H]1CCS(=O)(=O)C1. The molecule has 1 N–H and O–H groups in total. The minimum Gasteiger partial charge on any atom is -0.507 e. The second kappa shape index (κ2) is 7.40. The summed E-state index contributed by atoms with van der Waals surface area (Å²) < 4.78 is 28.0. The van der Waals surface area contributed by atoms with Crippen LogP contribution in [0.25, 0.3) is 0 Å². The standard InChI is InChI=1S/C15H18ClNO6S/c1-2-17(11-5-6-24(21,22)9-11)14(19)8-23-15(20)12-4-3-10(16)7-13(12)18/h3-4,7,11,18H,2,5-6,8-9H2,1H3/t11-/m0/s1. The average Bonchev–Trinajstić information content (AvgIpc) is 2.85. The molecule has 0 unspecified atom stereocenters. The number of hydrogen-bond donors (Lipinski definition) is 1. The summed E-state index contributed by atoms with van der Waals surface area (Å²) in [7, 11) is -3.12. The Balaban J connectivity index is 1.97. The summed E-state index contributed by atoms with van der Waals surface area (Å²) >= 11 is 5.68. The molecule has 1 aliphatic rings. The zero-order valence-corrected chi connectivity index (χ0v) is 14.6. The lowest BCUT2D eigenvalue weighted by molar-refractivity contribution is -0.136. The zero-order valence-electron chi connectivity index (χ0n) is 13.1. The minimum atomic E-state index is -3.12. The van der Waals surface area contributed by atoms with Gasteiger partial charge in [-0.1, -0.05) is 11.6 Å². The van der Waals surface area contributed by atoms with Crippen molar-refractivity contribution in [3.05, 3.63) is 28.8 Å². The van der Waals surface area contributed by atoms with Gasteiger partial charge in [-0.2, -0.15) is 0 Å². The first kappa shape index (κ1) is 18.5. The van der Waals surface area contributed by atoms with Crippen molar-refractivity contribution in [3.8, 4) is 5.75 Å². The van der Waals surface area contributed by atoms with Gasteiger partial charge >= 0.3 is 5.97 Å². The van der Waals surface area contributed by atoms with Crippen LogP contribution in [0.4, 0.5) is 0 Å². The fourth-order valence-corrected chi connectivity index (χ4v) is 4.52. The van der Waals surface area contributed by atoms with Crippen LogP contribution in [0.2, 0.25) is 5.02 Å². The number of carbonyl (C=O) groups is 2. The fourth-order valence-electron chi connectivity index (χ4n) is 2.62. The number of phenolic OH excluding ortho intramolecular Hbond substituents is 1. The highest BCUT2D eigenvalue weighted by Crippen LogP contribution is 2.23. The Hall–Kier alpha value is -1.80. The van der Waals surface area contributed by atoms with E-state index in [1.54, 1.807) is 6.92 Å². The lowest BCUT2D eigenvalue weighted by Gasteiger charge is -2.26. The van der Waals surface area contributed by atoms with Gasteiger partial charge in [0, 0.05) is 17.6 Å². The van der Waals surface area contributed by atoms with Crippen molar-refractivity contribution in [3.63, 3.8) is 0 Å². The number of phenols is 1. The molecule has 1 heterocycles. The third-order valence-corrected chi connectivity index (χ3v) is 5.80. The maximum atomic E-state index is 12.2. The predicted molar refractivity (Wildman–Crippen MR) is 87.8 cm³/mol. The molecule has 132 valence electrons. The van der Waals surface area contributed by atoms with Crippen LogP contribution in [0, 0.1) is 0 Å². The first-order valence-electron chi connectivity index (χ1n) is 7.39. The number of carbonyl (C=O) groups excluding carboxylic acids is 2. The Kier molecular flexibility index (Phi) is 5.71. The lowest BCUT2D eigenvalue weighted by atomic mass is 10.2. The molecule has 0 radical (unpaired) electrons. The first-order valence-corrected chi connectivity index (χ1v) is 9.59. The summed E-state index contributed by atoms with van der Waals surface area (Å²) in [5.41, 5.74) is -0.0984. The van der Waals surface area contributed by atoms with Crippen LogP contribution in [0.1, 0.15) is 23.7 Å². The van der Waals surface area contributed by atoms with E-state index in [4.69, 9.17) is 16.3 Å². The molecule has 24 heavy (non-hydrogen) atoms. The van der Waals surface area contributed by atoms with Crippen molar-refractivity contribution < 1.29 is 27.9 Å². The maximum absolute atomic E-state index is 12.2. The number of hydrogen-bond acceptors (Lipinski definition) is 6. The maximum Gasteiger partial charge on any atom is 0.342 e. The average molecular weight is 376 g/mol. The largest absolute Gasteiger partial charge is 0.507 e. The number of halogens is 1. The minimum absolute atomic E-state index is 0.0554. The molecular weight excluding hydrogens is 358 g/mol. The number of ether oxygens (including phenoxy) is 1. The van der Waals surface area contributed by atoms with Crippen molar-refractivity contribution in [1.29, 1.82) is 0 Å². The van der Waals surface area contributed by atoms with Crippen LogP contribution < -0.4 is 0 Å². The molecule has 1 aliphatic heterocycles. The second-order valence-electron chi connectivity index (χ2n) is 5.47. The highest BCUT2D eigenvalue weighted by Gasteiger charge is 2.34. The first-order chi connectivity index (χ1) is 11.2. The Bertz CT molecular complexity index is 748. The number of sulfone groups is 1. The molecule has 1 aromatic rings. The van der Waals surface area contributed by atoms with E-state index in [1.165, 1.54) is 23.1 Å². The van der Waals surface area contributed by atoms with Gasteiger partial charge < -0.3 is 14.7 Å². The molecule has 0 aromatic heterocycles. The highest BCUT2D eigenvalue weighted by molar-refractivity contribution is 7.91. The van der Waals surface area contributed by atoms with E-state index in [2.05, 4.69) is 0 Å². The molecule has 1 aromatic carbocycles. The molecule has 2 rings (SSSR count). The number of esters is 1. The summed E-state index contributed by atoms with van der Waals surface area (Å²) in [5, 5.41) is 9.93. The van der Waals surface area contributed by atoms with Crippen molar-refractivity contribution >= 4 is 33.3 Å². The number of aromatic hydroxyl groups is 1. The molecule has 0 aliphatic carbocycles. The van der Waals surface area contributed by atoms with Crippen LogP contribution in [0.3, 0.4) is 0 Å². The smallest absolute Gasteiger partial charge is 0.342 e. The summed E-state index contributed by atoms with van der Waals surface area (Å²) in [6, 6.07) is 3.52. The van der Waals surface area contributed by atoms with E-state index >= 15 is 0 Å². The Morgan fingerprint density at radius 3 is 2.67 bits per heavy atom. The molecule has 1 atom stereocenters. The Morgan fingerprint density at radius 2 is 2.12 bits per heavy atom. The van der Waals surface area contributed by atoms with Crippen LogP contribution in [0.5, 0.6) is 5.75 Å². The summed E-state index contributed by atoms with van der Waals surface area (Å²) in [6.07, 6.45) is 0.383. The number of benzene rings is 1. The summed E-state index contributed by atoms with van der Waals surface area (Å²) in [5.74, 6) is -1.68. The van der Waals surface area contributed by atoms with Gasteiger partial charge in [0.2, 0.25) is 0 Å². The van der Waals surface area contributed by atoms with Gasteiger partial charge in [0.1, 0.15) is 11.3 Å². The van der Waals surface area contributed by atoms with E-state index in [0.717, 1.165) is 0 Å². The van der Waals surface area contributed by atoms with E-state index in [-0.39, 0.29) is 27.8 Å². The summed E-state index contributed by atoms with van der Waals surface area (Å²) in [4.78, 5) is 25.5. The second-order valence-corrected chi connectivity index (χ2v) is 8.14. The molecule has 0 bridgehead atoms. The van der Waals surface area contributed by atoms with E-state index < -0.39 is 34.4 Å². The molecule has 1 fully saturated rings. The van der Waals surface area contributed by atoms with Gasteiger partial charge in [-0.25, -0.2) is 13.2 Å². The Labute approximate surface area is 145 Å². The highest BCUT2D eigenvalue weighted by atomic mass is 35.5. The predicted octanol–water partition coefficient (Wildman–Crippen LogP) is 1.24. The van der Waals surface area contributed by atoms with Gasteiger partial charge in [0.15, 0.2) is 16.4 Å². The monoisotopic (exact) mass is 375 g/mol. The molecule has 1 saturated heterocycles. The molecule has 0 saturated carbocycles. The lowest BCUT2D eigenvalue weighted by Crippen LogP contribution is -2.43. The van der Waals surface area contributed by atoms with Gasteiger partial charge in [-0.15, -0.1) is 0 Å². The van der Waals surface area contributed by atoms with Crippen LogP contribution in [0.15, 0.2) is 18.2 Å². The number of likely N-dealkylation sites (N-methyl/N-ethyl adjacent to an activating group) is 1. The number of nitrogens with zero attached hydrogens (tertiary/aromatic N) is 1. The normalized spacial score (nSPS) is 19.0. The number of amides is 1. The summed E-state index contributed by atoms with van der Waals surface area (Å²) in [6.45, 7) is 1.53. The third-order valence-electron chi connectivity index (χ3n) is 3.82. The van der Waals surface area contributed by atoms with Gasteiger partial charge in [0.25, 0.3) is 5.91 Å². The van der Waals surface area contributed by atoms with E-state index in [0.29, 0.717) is 13.0 Å². The molecule has 1 amide bonds. The fraction of sp³-hybridized carbons (Fsp3) is 0.467. The van der Waals surface area contributed by atoms with Crippen molar-refractivity contribution in [2.24, 2.45) is 0 Å². The molecule has 7 nitrogen and oxygen atoms in total. The van der Waals surface area contributed by atoms with E-state index in [9.17, 15) is 23.1 Å². The quantitative estimate of drug-likeness (QED) is 0.777. The third kappa shape index (κ3) is 4.39. The van der Waals surface area contributed by atoms with Crippen LogP contribution in [-0.2, 0) is 19.4 Å². The zero-order chi connectivity index (χ0) is 17.9. The van der Waals surface area contributed by atoms with Crippen LogP contribution >= 0.6 is 11.6 Å². The van der Waals surface area contributed by atoms with Gasteiger partial charge in [-0.05, 0) is 31.5 Å². The van der Waals surface area contributed by atoms with Crippen LogP contribution in [-0.4, -0.2) is 61.0 Å². The number of rotatable bonds is 5. The Morgan fingerprint density at radius 1 is 1.42 bits per heavy atom. The van der Waals surface area contributed by atoms with E-state index in [1.807, 2.05) is 0 Å². The molecular formula is C15H18ClNO6S. The molecule has 9 heteroatoms. The van der Waals surface area contributed by atoms with Crippen molar-refractivity contribution in [2.45, 2.75) is 19.4 Å². The van der Waals surface area contributed by atoms with Crippen molar-refractivity contribution in [2.75, 3.05) is 24.7 Å². The van der Waals surface area contributed by atoms with Crippen molar-refractivity contribution in [1.82, 2.24) is 4.90 Å². The molecule has 0 spiro atoms. The van der Waals surface area contributed by atoms with Gasteiger partial charge in [-0.3, -0.25) is 4.79 Å². The topological polar surface area (TPSA) is 101 Å². The van der Waals surface area contributed by atoms with Gasteiger partial charge in [0.05, 0.1) is 11.5 Å².